The summed E-state index contributed by atoms with van der Waals surface area (Å²) in [5.41, 5.74) is 4.04. The molecule has 0 spiro atoms. The Morgan fingerprint density at radius 2 is 1.92 bits per heavy atom. The molecular weight excluding hydrogens is 326 g/mol. The maximum absolute atomic E-state index is 12.9. The van der Waals surface area contributed by atoms with Crippen LogP contribution in [0.4, 0.5) is 5.69 Å². The zero-order valence-electron chi connectivity index (χ0n) is 14.6. The maximum Gasteiger partial charge on any atom is 0.256 e. The third-order valence-electron chi connectivity index (χ3n) is 4.91. The second kappa shape index (κ2) is 6.77. The van der Waals surface area contributed by atoms with Gasteiger partial charge < -0.3 is 10.0 Å². The van der Waals surface area contributed by atoms with Crippen molar-refractivity contribution in [3.05, 3.63) is 83.7 Å². The van der Waals surface area contributed by atoms with Gasteiger partial charge in [-0.15, -0.1) is 0 Å². The summed E-state index contributed by atoms with van der Waals surface area (Å²) in [4.78, 5) is 14.7. The fraction of sp³-hybridized carbons (Fsp3) is 0.238. The third-order valence-corrected chi connectivity index (χ3v) is 4.91. The molecule has 0 aliphatic carbocycles. The molecule has 0 radical (unpaired) electrons. The first kappa shape index (κ1) is 16.5. The lowest BCUT2D eigenvalue weighted by Crippen LogP contribution is -2.39. The van der Waals surface area contributed by atoms with Crippen LogP contribution >= 0.6 is 0 Å². The molecule has 1 N–H and O–H groups in total. The van der Waals surface area contributed by atoms with Crippen LogP contribution in [0, 0.1) is 0 Å². The topological polar surface area (TPSA) is 58.4 Å². The number of hydrogen-bond acceptors (Lipinski definition) is 3. The van der Waals surface area contributed by atoms with E-state index in [0.717, 1.165) is 16.8 Å². The number of carbonyl (C=O) groups is 1. The standard InChI is InChI=1S/C21H21N3O2/c1-23-13-15(12-22-23)11-20(25)21(26)24-14-18(16-7-3-2-4-8-16)17-9-5-6-10-19(17)24/h2-10,12-13,18,20,25H,11,14H2,1H3/t18-,20-/m1/s1. The molecule has 0 saturated heterocycles. The first-order chi connectivity index (χ1) is 12.6. The SMILES string of the molecule is Cn1cc(C[C@@H](O)C(=O)N2C[C@H](c3ccccc3)c3ccccc32)cn1. The van der Waals surface area contributed by atoms with E-state index >= 15 is 0 Å². The second-order valence-corrected chi connectivity index (χ2v) is 6.71. The number of aliphatic hydroxyl groups is 1. The number of hydrogen-bond donors (Lipinski definition) is 1. The molecule has 2 atom stereocenters. The summed E-state index contributed by atoms with van der Waals surface area (Å²) in [6.07, 6.45) is 2.69. The summed E-state index contributed by atoms with van der Waals surface area (Å²) in [6.45, 7) is 0.548. The minimum Gasteiger partial charge on any atom is -0.383 e. The average Bonchev–Trinajstić information content (AvgIpc) is 3.25. The van der Waals surface area contributed by atoms with Crippen molar-refractivity contribution in [2.45, 2.75) is 18.4 Å². The van der Waals surface area contributed by atoms with Crippen molar-refractivity contribution >= 4 is 11.6 Å². The lowest BCUT2D eigenvalue weighted by molar-refractivity contribution is -0.126. The summed E-state index contributed by atoms with van der Waals surface area (Å²) in [6, 6.07) is 18.1. The van der Waals surface area contributed by atoms with Crippen LogP contribution < -0.4 is 4.90 Å². The maximum atomic E-state index is 12.9. The Morgan fingerprint density at radius 1 is 1.19 bits per heavy atom. The van der Waals surface area contributed by atoms with Crippen molar-refractivity contribution in [3.8, 4) is 0 Å². The van der Waals surface area contributed by atoms with E-state index in [4.69, 9.17) is 0 Å². The van der Waals surface area contributed by atoms with Gasteiger partial charge in [-0.1, -0.05) is 48.5 Å². The minimum absolute atomic E-state index is 0.127. The van der Waals surface area contributed by atoms with Gasteiger partial charge in [0, 0.05) is 37.8 Å². The number of para-hydroxylation sites is 1. The number of aromatic nitrogens is 2. The van der Waals surface area contributed by atoms with E-state index < -0.39 is 6.10 Å². The fourth-order valence-corrected chi connectivity index (χ4v) is 3.65. The number of aliphatic hydroxyl groups excluding tert-OH is 1. The molecule has 1 amide bonds. The highest BCUT2D eigenvalue weighted by atomic mass is 16.3. The molecular formula is C21H21N3O2. The quantitative estimate of drug-likeness (QED) is 0.789. The number of benzene rings is 2. The van der Waals surface area contributed by atoms with Crippen molar-refractivity contribution in [1.29, 1.82) is 0 Å². The molecule has 5 nitrogen and oxygen atoms in total. The number of carbonyl (C=O) groups excluding carboxylic acids is 1. The van der Waals surface area contributed by atoms with Crippen LogP contribution in [-0.2, 0) is 18.3 Å². The van der Waals surface area contributed by atoms with E-state index in [1.54, 1.807) is 15.8 Å². The molecule has 0 saturated carbocycles. The first-order valence-corrected chi connectivity index (χ1v) is 8.74. The van der Waals surface area contributed by atoms with E-state index in [-0.39, 0.29) is 18.2 Å². The first-order valence-electron chi connectivity index (χ1n) is 8.74. The molecule has 1 aromatic heterocycles. The summed E-state index contributed by atoms with van der Waals surface area (Å²) in [7, 11) is 1.82. The predicted octanol–water partition coefficient (Wildman–Crippen LogP) is 2.50. The molecule has 4 rings (SSSR count). The highest BCUT2D eigenvalue weighted by Crippen LogP contribution is 2.40. The van der Waals surface area contributed by atoms with Crippen molar-refractivity contribution < 1.29 is 9.90 Å². The van der Waals surface area contributed by atoms with Crippen LogP contribution in [0.1, 0.15) is 22.6 Å². The van der Waals surface area contributed by atoms with E-state index in [1.165, 1.54) is 5.56 Å². The van der Waals surface area contributed by atoms with Crippen LogP contribution in [0.15, 0.2) is 67.0 Å². The molecule has 1 aliphatic rings. The third kappa shape index (κ3) is 3.02. The number of fused-ring (bicyclic) bond motifs is 1. The zero-order chi connectivity index (χ0) is 18.1. The van der Waals surface area contributed by atoms with Crippen molar-refractivity contribution in [1.82, 2.24) is 9.78 Å². The number of aryl methyl sites for hydroxylation is 1. The predicted molar refractivity (Wildman–Crippen MR) is 100.0 cm³/mol. The Kier molecular flexibility index (Phi) is 4.31. The zero-order valence-corrected chi connectivity index (χ0v) is 14.6. The normalized spacial score (nSPS) is 17.2. The molecule has 0 bridgehead atoms. The minimum atomic E-state index is -1.08. The van der Waals surface area contributed by atoms with Crippen molar-refractivity contribution in [3.63, 3.8) is 0 Å². The van der Waals surface area contributed by atoms with Gasteiger partial charge in [0.1, 0.15) is 6.10 Å². The Morgan fingerprint density at radius 3 is 2.65 bits per heavy atom. The van der Waals surface area contributed by atoms with Crippen molar-refractivity contribution in [2.75, 3.05) is 11.4 Å². The monoisotopic (exact) mass is 347 g/mol. The van der Waals surface area contributed by atoms with Gasteiger partial charge in [-0.25, -0.2) is 0 Å². The molecule has 2 aromatic carbocycles. The number of rotatable bonds is 4. The highest BCUT2D eigenvalue weighted by molar-refractivity contribution is 5.99. The van der Waals surface area contributed by atoms with Crippen LogP contribution in [0.2, 0.25) is 0 Å². The van der Waals surface area contributed by atoms with Gasteiger partial charge in [0.05, 0.1) is 6.20 Å². The Labute approximate surface area is 152 Å². The van der Waals surface area contributed by atoms with Gasteiger partial charge in [-0.05, 0) is 22.8 Å². The van der Waals surface area contributed by atoms with Gasteiger partial charge in [-0.3, -0.25) is 9.48 Å². The number of nitrogens with zero attached hydrogens (tertiary/aromatic N) is 3. The smallest absolute Gasteiger partial charge is 0.256 e. The van der Waals surface area contributed by atoms with Crippen LogP contribution in [0.3, 0.4) is 0 Å². The van der Waals surface area contributed by atoms with Crippen molar-refractivity contribution in [2.24, 2.45) is 7.05 Å². The molecule has 5 heteroatoms. The Balaban J connectivity index is 1.59. The van der Waals surface area contributed by atoms with Gasteiger partial charge in [0.2, 0.25) is 0 Å². The van der Waals surface area contributed by atoms with E-state index in [9.17, 15) is 9.90 Å². The molecule has 0 fully saturated rings. The molecule has 26 heavy (non-hydrogen) atoms. The Bertz CT molecular complexity index is 920. The molecule has 3 aromatic rings. The number of anilines is 1. The fourth-order valence-electron chi connectivity index (χ4n) is 3.65. The second-order valence-electron chi connectivity index (χ2n) is 6.71. The van der Waals surface area contributed by atoms with Gasteiger partial charge >= 0.3 is 0 Å². The summed E-state index contributed by atoms with van der Waals surface area (Å²) >= 11 is 0. The van der Waals surface area contributed by atoms with E-state index in [1.807, 2.05) is 49.6 Å². The summed E-state index contributed by atoms with van der Waals surface area (Å²) in [5, 5.41) is 14.6. The average molecular weight is 347 g/mol. The van der Waals surface area contributed by atoms with E-state index in [2.05, 4.69) is 23.3 Å². The van der Waals surface area contributed by atoms with Gasteiger partial charge in [-0.2, -0.15) is 5.10 Å². The summed E-state index contributed by atoms with van der Waals surface area (Å²) in [5.74, 6) is -0.137. The van der Waals surface area contributed by atoms with Gasteiger partial charge in [0.15, 0.2) is 0 Å². The lowest BCUT2D eigenvalue weighted by atomic mass is 9.93. The lowest BCUT2D eigenvalue weighted by Gasteiger charge is -2.21. The molecule has 1 aliphatic heterocycles. The van der Waals surface area contributed by atoms with Gasteiger partial charge in [0.25, 0.3) is 5.91 Å². The molecule has 132 valence electrons. The van der Waals surface area contributed by atoms with Crippen LogP contribution in [0.25, 0.3) is 0 Å². The largest absolute Gasteiger partial charge is 0.383 e. The van der Waals surface area contributed by atoms with Crippen LogP contribution in [0.5, 0.6) is 0 Å². The van der Waals surface area contributed by atoms with E-state index in [0.29, 0.717) is 6.54 Å². The molecule has 2 heterocycles. The number of amides is 1. The highest BCUT2D eigenvalue weighted by Gasteiger charge is 2.35. The Hall–Kier alpha value is -2.92. The molecule has 0 unspecified atom stereocenters. The summed E-state index contributed by atoms with van der Waals surface area (Å²) < 4.78 is 1.67. The van der Waals surface area contributed by atoms with Crippen LogP contribution in [-0.4, -0.2) is 33.4 Å².